The van der Waals surface area contributed by atoms with Gasteiger partial charge in [-0.15, -0.1) is 0 Å². The number of benzene rings is 1. The molecule has 0 spiro atoms. The topological polar surface area (TPSA) is 98.6 Å². The van der Waals surface area contributed by atoms with E-state index in [4.69, 9.17) is 9.47 Å². The summed E-state index contributed by atoms with van der Waals surface area (Å²) in [5.41, 5.74) is -0.170. The third-order valence-corrected chi connectivity index (χ3v) is 7.17. The molecule has 2 aliphatic heterocycles. The van der Waals surface area contributed by atoms with E-state index in [0.717, 1.165) is 31.9 Å². The Labute approximate surface area is 229 Å². The fourth-order valence-electron chi connectivity index (χ4n) is 5.19. The number of aromatic nitrogens is 3. The summed E-state index contributed by atoms with van der Waals surface area (Å²) in [6, 6.07) is 7.07. The Bertz CT molecular complexity index is 1400. The molecule has 0 aliphatic carbocycles. The highest BCUT2D eigenvalue weighted by molar-refractivity contribution is 6.04. The van der Waals surface area contributed by atoms with Crippen molar-refractivity contribution in [3.63, 3.8) is 0 Å². The number of carbonyl (C=O) groups excluding carboxylic acids is 2. The molecule has 2 aromatic heterocycles. The summed E-state index contributed by atoms with van der Waals surface area (Å²) in [5.74, 6) is -0.223. The number of carbonyl (C=O) groups is 2. The van der Waals surface area contributed by atoms with Crippen LogP contribution in [0, 0.1) is 0 Å². The van der Waals surface area contributed by atoms with Gasteiger partial charge < -0.3 is 18.9 Å². The number of pyridine rings is 1. The molecular formula is C28H30F3N5O4. The Morgan fingerprint density at radius 1 is 1.15 bits per heavy atom. The average molecular weight is 558 g/mol. The molecule has 2 fully saturated rings. The van der Waals surface area contributed by atoms with Gasteiger partial charge in [-0.25, -0.2) is 4.98 Å². The van der Waals surface area contributed by atoms with E-state index in [1.54, 1.807) is 17.0 Å². The SMILES string of the molecule is C=CC(=O)N1CCCCC(n2c(NC(=O)c3ccnc(C(F)(F)F)c3)nc3cccc(OC4CCOCC4)c32)C1. The van der Waals surface area contributed by atoms with Gasteiger partial charge in [0.15, 0.2) is 0 Å². The number of hydrogen-bond donors (Lipinski definition) is 1. The lowest BCUT2D eigenvalue weighted by molar-refractivity contribution is -0.141. The largest absolute Gasteiger partial charge is 0.488 e. The Morgan fingerprint density at radius 3 is 2.70 bits per heavy atom. The van der Waals surface area contributed by atoms with E-state index in [1.807, 2.05) is 10.6 Å². The quantitative estimate of drug-likeness (QED) is 0.429. The number of halogens is 3. The smallest absolute Gasteiger partial charge is 0.433 e. The van der Waals surface area contributed by atoms with Gasteiger partial charge in [0.25, 0.3) is 5.91 Å². The summed E-state index contributed by atoms with van der Waals surface area (Å²) in [5, 5.41) is 2.72. The molecule has 0 saturated carbocycles. The molecule has 2 aliphatic rings. The number of imidazole rings is 1. The van der Waals surface area contributed by atoms with Crippen molar-refractivity contribution in [1.29, 1.82) is 0 Å². The van der Waals surface area contributed by atoms with Crippen molar-refractivity contribution in [2.45, 2.75) is 50.4 Å². The van der Waals surface area contributed by atoms with Crippen LogP contribution < -0.4 is 10.1 Å². The van der Waals surface area contributed by atoms with E-state index in [2.05, 4.69) is 21.9 Å². The van der Waals surface area contributed by atoms with Crippen molar-refractivity contribution in [2.75, 3.05) is 31.6 Å². The van der Waals surface area contributed by atoms with E-state index in [9.17, 15) is 22.8 Å². The van der Waals surface area contributed by atoms with Gasteiger partial charge in [-0.2, -0.15) is 13.2 Å². The standard InChI is InChI=1S/C28H30F3N5O4/c1-2-24(37)35-13-4-3-6-19(17-35)36-25-21(7-5-8-22(25)40-20-10-14-39-15-11-20)33-27(36)34-26(38)18-9-12-32-23(16-18)28(29,30)31/h2,5,7-9,12,16,19-20H,1,3-4,6,10-11,13-15,17H2,(H,33,34,38). The Kier molecular flexibility index (Phi) is 8.06. The van der Waals surface area contributed by atoms with Gasteiger partial charge >= 0.3 is 6.18 Å². The molecule has 0 bridgehead atoms. The number of fused-ring (bicyclic) bond motifs is 1. The number of amides is 2. The van der Waals surface area contributed by atoms with Crippen molar-refractivity contribution < 1.29 is 32.2 Å². The van der Waals surface area contributed by atoms with Crippen LogP contribution in [0.2, 0.25) is 0 Å². The lowest BCUT2D eigenvalue weighted by Gasteiger charge is -2.27. The Hall–Kier alpha value is -3.93. The van der Waals surface area contributed by atoms with Gasteiger partial charge in [-0.05, 0) is 49.6 Å². The number of anilines is 1. The summed E-state index contributed by atoms with van der Waals surface area (Å²) in [6.07, 6.45) is 1.23. The molecular weight excluding hydrogens is 527 g/mol. The minimum Gasteiger partial charge on any atom is -0.488 e. The maximum atomic E-state index is 13.2. The second-order valence-electron chi connectivity index (χ2n) is 9.88. The predicted octanol–water partition coefficient (Wildman–Crippen LogP) is 5.00. The normalized spacial score (nSPS) is 18.8. The molecule has 1 unspecified atom stereocenters. The third-order valence-electron chi connectivity index (χ3n) is 7.17. The second kappa shape index (κ2) is 11.7. The Morgan fingerprint density at radius 2 is 1.95 bits per heavy atom. The van der Waals surface area contributed by atoms with Gasteiger partial charge in [0.1, 0.15) is 23.1 Å². The van der Waals surface area contributed by atoms with Crippen molar-refractivity contribution in [1.82, 2.24) is 19.4 Å². The zero-order chi connectivity index (χ0) is 28.3. The first-order chi connectivity index (χ1) is 19.2. The first-order valence-electron chi connectivity index (χ1n) is 13.3. The molecule has 1 aromatic carbocycles. The maximum Gasteiger partial charge on any atom is 0.433 e. The fourth-order valence-corrected chi connectivity index (χ4v) is 5.19. The van der Waals surface area contributed by atoms with E-state index >= 15 is 0 Å². The summed E-state index contributed by atoms with van der Waals surface area (Å²) in [4.78, 5) is 35.5. The van der Waals surface area contributed by atoms with E-state index < -0.39 is 17.8 Å². The zero-order valence-electron chi connectivity index (χ0n) is 21.8. The van der Waals surface area contributed by atoms with Crippen LogP contribution in [0.5, 0.6) is 5.75 Å². The molecule has 1 N–H and O–H groups in total. The number of rotatable bonds is 6. The van der Waals surface area contributed by atoms with Crippen LogP contribution in [0.4, 0.5) is 19.1 Å². The van der Waals surface area contributed by atoms with Crippen molar-refractivity contribution >= 4 is 28.8 Å². The Balaban J connectivity index is 1.57. The van der Waals surface area contributed by atoms with E-state index in [1.165, 1.54) is 12.1 Å². The molecule has 212 valence electrons. The predicted molar refractivity (Wildman–Crippen MR) is 141 cm³/mol. The second-order valence-corrected chi connectivity index (χ2v) is 9.88. The molecule has 1 atom stereocenters. The molecule has 9 nitrogen and oxygen atoms in total. The number of ether oxygens (including phenoxy) is 2. The number of nitrogens with one attached hydrogen (secondary N) is 1. The molecule has 5 rings (SSSR count). The highest BCUT2D eigenvalue weighted by Gasteiger charge is 2.33. The van der Waals surface area contributed by atoms with Gasteiger partial charge in [0, 0.05) is 37.7 Å². The molecule has 0 radical (unpaired) electrons. The van der Waals surface area contributed by atoms with E-state index in [0.29, 0.717) is 55.6 Å². The van der Waals surface area contributed by atoms with Gasteiger partial charge in [-0.1, -0.05) is 12.6 Å². The van der Waals surface area contributed by atoms with Crippen molar-refractivity contribution in [3.05, 3.63) is 60.4 Å². The molecule has 2 saturated heterocycles. The number of likely N-dealkylation sites (tertiary alicyclic amines) is 1. The van der Waals surface area contributed by atoms with Crippen LogP contribution in [0.3, 0.4) is 0 Å². The van der Waals surface area contributed by atoms with Crippen LogP contribution >= 0.6 is 0 Å². The van der Waals surface area contributed by atoms with E-state index in [-0.39, 0.29) is 29.6 Å². The van der Waals surface area contributed by atoms with Gasteiger partial charge in [0.05, 0.1) is 24.8 Å². The first kappa shape index (κ1) is 27.6. The molecule has 40 heavy (non-hydrogen) atoms. The molecule has 3 aromatic rings. The molecule has 4 heterocycles. The van der Waals surface area contributed by atoms with Crippen LogP contribution in [0.15, 0.2) is 49.2 Å². The summed E-state index contributed by atoms with van der Waals surface area (Å²) in [7, 11) is 0. The van der Waals surface area contributed by atoms with Gasteiger partial charge in [-0.3, -0.25) is 19.9 Å². The summed E-state index contributed by atoms with van der Waals surface area (Å²) in [6.45, 7) is 5.71. The van der Waals surface area contributed by atoms with Crippen molar-refractivity contribution in [3.8, 4) is 5.75 Å². The molecule has 12 heteroatoms. The number of alkyl halides is 3. The zero-order valence-corrected chi connectivity index (χ0v) is 21.8. The highest BCUT2D eigenvalue weighted by Crippen LogP contribution is 2.36. The fraction of sp³-hybridized carbons (Fsp3) is 0.429. The summed E-state index contributed by atoms with van der Waals surface area (Å²) >= 11 is 0. The number of nitrogens with zero attached hydrogens (tertiary/aromatic N) is 4. The van der Waals surface area contributed by atoms with Crippen LogP contribution in [-0.2, 0) is 15.7 Å². The van der Waals surface area contributed by atoms with Crippen molar-refractivity contribution in [2.24, 2.45) is 0 Å². The number of para-hydroxylation sites is 1. The van der Waals surface area contributed by atoms with Crippen LogP contribution in [0.1, 0.15) is 54.2 Å². The van der Waals surface area contributed by atoms with Crippen LogP contribution in [0.25, 0.3) is 11.0 Å². The first-order valence-corrected chi connectivity index (χ1v) is 13.3. The average Bonchev–Trinajstić information content (AvgIpc) is 3.14. The minimum atomic E-state index is -4.69. The molecule has 2 amide bonds. The minimum absolute atomic E-state index is 0.0636. The monoisotopic (exact) mass is 557 g/mol. The summed E-state index contributed by atoms with van der Waals surface area (Å²) < 4.78 is 53.4. The lowest BCUT2D eigenvalue weighted by Crippen LogP contribution is -2.34. The van der Waals surface area contributed by atoms with Gasteiger partial charge in [0.2, 0.25) is 11.9 Å². The number of hydrogen-bond acceptors (Lipinski definition) is 6. The third kappa shape index (κ3) is 5.96. The van der Waals surface area contributed by atoms with Crippen LogP contribution in [-0.4, -0.2) is 63.7 Å². The lowest BCUT2D eigenvalue weighted by atomic mass is 10.1. The maximum absolute atomic E-state index is 13.2. The highest BCUT2D eigenvalue weighted by atomic mass is 19.4.